The van der Waals surface area contributed by atoms with Gasteiger partial charge < -0.3 is 10.2 Å². The third kappa shape index (κ3) is 2.80. The van der Waals surface area contributed by atoms with Crippen molar-refractivity contribution in [3.05, 3.63) is 24.3 Å². The van der Waals surface area contributed by atoms with Crippen LogP contribution in [0.2, 0.25) is 0 Å². The molecule has 0 heterocycles. The Labute approximate surface area is 111 Å². The Morgan fingerprint density at radius 2 is 1.83 bits per heavy atom. The molecule has 0 spiro atoms. The molecule has 0 amide bonds. The fraction of sp³-hybridized carbons (Fsp3) is 0.625. The second-order valence-electron chi connectivity index (χ2n) is 6.71. The van der Waals surface area contributed by atoms with Crippen LogP contribution in [0.5, 0.6) is 0 Å². The fourth-order valence-corrected chi connectivity index (χ4v) is 3.27. The Morgan fingerprint density at radius 3 is 2.39 bits per heavy atom. The van der Waals surface area contributed by atoms with E-state index in [1.807, 2.05) is 0 Å². The maximum Gasteiger partial charge on any atom is 0.0596 e. The van der Waals surface area contributed by atoms with Crippen molar-refractivity contribution in [2.75, 3.05) is 24.3 Å². The first-order valence-electron chi connectivity index (χ1n) is 6.92. The van der Waals surface area contributed by atoms with Gasteiger partial charge in [-0.3, -0.25) is 0 Å². The summed E-state index contributed by atoms with van der Waals surface area (Å²) >= 11 is 0. The van der Waals surface area contributed by atoms with Gasteiger partial charge in [-0.2, -0.15) is 0 Å². The van der Waals surface area contributed by atoms with E-state index in [0.717, 1.165) is 5.92 Å². The first kappa shape index (κ1) is 13.3. The summed E-state index contributed by atoms with van der Waals surface area (Å²) in [5, 5.41) is 3.75. The lowest BCUT2D eigenvalue weighted by atomic mass is 9.91. The maximum atomic E-state index is 3.75. The molecule has 2 unspecified atom stereocenters. The van der Waals surface area contributed by atoms with Gasteiger partial charge in [-0.15, -0.1) is 0 Å². The molecule has 0 aliphatic heterocycles. The summed E-state index contributed by atoms with van der Waals surface area (Å²) in [6.45, 7) is 7.12. The number of para-hydroxylation sites is 2. The van der Waals surface area contributed by atoms with Gasteiger partial charge in [0.2, 0.25) is 0 Å². The lowest BCUT2D eigenvalue weighted by Crippen LogP contribution is -2.24. The molecule has 2 nitrogen and oxygen atoms in total. The lowest BCUT2D eigenvalue weighted by Gasteiger charge is -2.24. The Hall–Kier alpha value is -1.18. The van der Waals surface area contributed by atoms with Gasteiger partial charge in [0.05, 0.1) is 11.4 Å². The van der Waals surface area contributed by atoms with E-state index in [1.165, 1.54) is 24.2 Å². The first-order chi connectivity index (χ1) is 8.39. The van der Waals surface area contributed by atoms with E-state index in [2.05, 4.69) is 69.3 Å². The zero-order chi connectivity index (χ0) is 13.3. The van der Waals surface area contributed by atoms with Crippen LogP contribution < -0.4 is 10.2 Å². The molecule has 2 rings (SSSR count). The predicted molar refractivity (Wildman–Crippen MR) is 80.4 cm³/mol. The topological polar surface area (TPSA) is 15.3 Å². The molecule has 1 fully saturated rings. The molecule has 0 bridgehead atoms. The molecule has 100 valence electrons. The van der Waals surface area contributed by atoms with Gasteiger partial charge in [-0.1, -0.05) is 32.9 Å². The van der Waals surface area contributed by atoms with Crippen LogP contribution in [0.25, 0.3) is 0 Å². The number of hydrogen-bond acceptors (Lipinski definition) is 2. The predicted octanol–water partition coefficient (Wildman–Crippen LogP) is 3.99. The third-order valence-corrected chi connectivity index (χ3v) is 4.06. The van der Waals surface area contributed by atoms with Gasteiger partial charge >= 0.3 is 0 Å². The van der Waals surface area contributed by atoms with Crippen molar-refractivity contribution in [3.8, 4) is 0 Å². The van der Waals surface area contributed by atoms with Crippen molar-refractivity contribution < 1.29 is 0 Å². The van der Waals surface area contributed by atoms with Crippen molar-refractivity contribution in [1.82, 2.24) is 0 Å². The minimum atomic E-state index is 0.476. The zero-order valence-corrected chi connectivity index (χ0v) is 12.3. The number of anilines is 2. The highest BCUT2D eigenvalue weighted by Gasteiger charge is 2.36. The molecule has 1 aliphatic carbocycles. The van der Waals surface area contributed by atoms with Crippen molar-refractivity contribution in [3.63, 3.8) is 0 Å². The van der Waals surface area contributed by atoms with Crippen LogP contribution in [0.3, 0.4) is 0 Å². The van der Waals surface area contributed by atoms with E-state index in [-0.39, 0.29) is 0 Å². The maximum absolute atomic E-state index is 3.75. The smallest absolute Gasteiger partial charge is 0.0596 e. The Kier molecular flexibility index (Phi) is 3.56. The van der Waals surface area contributed by atoms with E-state index < -0.39 is 0 Å². The number of rotatable bonds is 3. The van der Waals surface area contributed by atoms with Crippen LogP contribution in [0.4, 0.5) is 11.4 Å². The van der Waals surface area contributed by atoms with E-state index in [4.69, 9.17) is 0 Å². The molecule has 2 atom stereocenters. The van der Waals surface area contributed by atoms with Crippen LogP contribution >= 0.6 is 0 Å². The molecular weight excluding hydrogens is 220 g/mol. The first-order valence-corrected chi connectivity index (χ1v) is 6.92. The molecule has 1 aliphatic rings. The molecule has 0 radical (unpaired) electrons. The average Bonchev–Trinajstić information content (AvgIpc) is 2.52. The summed E-state index contributed by atoms with van der Waals surface area (Å²) in [7, 11) is 4.20. The van der Waals surface area contributed by atoms with Crippen LogP contribution in [-0.2, 0) is 0 Å². The van der Waals surface area contributed by atoms with Crippen molar-refractivity contribution in [2.24, 2.45) is 11.3 Å². The fourth-order valence-electron chi connectivity index (χ4n) is 3.27. The summed E-state index contributed by atoms with van der Waals surface area (Å²) in [5.41, 5.74) is 3.01. The van der Waals surface area contributed by atoms with Gasteiger partial charge in [0, 0.05) is 20.1 Å². The zero-order valence-electron chi connectivity index (χ0n) is 12.3. The quantitative estimate of drug-likeness (QED) is 0.867. The molecule has 1 aromatic rings. The SMILES string of the molecule is CC1CC(C)(C)CC1Nc1ccccc1N(C)C. The van der Waals surface area contributed by atoms with Crippen molar-refractivity contribution in [2.45, 2.75) is 39.7 Å². The Balaban J connectivity index is 2.15. The van der Waals surface area contributed by atoms with Gasteiger partial charge in [0.1, 0.15) is 0 Å². The van der Waals surface area contributed by atoms with E-state index in [0.29, 0.717) is 11.5 Å². The molecule has 18 heavy (non-hydrogen) atoms. The Morgan fingerprint density at radius 1 is 1.17 bits per heavy atom. The minimum absolute atomic E-state index is 0.476. The molecule has 0 aromatic heterocycles. The normalized spacial score (nSPS) is 26.1. The minimum Gasteiger partial charge on any atom is -0.380 e. The van der Waals surface area contributed by atoms with Crippen LogP contribution in [0, 0.1) is 11.3 Å². The molecule has 1 saturated carbocycles. The summed E-state index contributed by atoms with van der Waals surface area (Å²) in [4.78, 5) is 2.17. The standard InChI is InChI=1S/C16H26N2/c1-12-10-16(2,3)11-14(12)17-13-8-6-7-9-15(13)18(4)5/h6-9,12,14,17H,10-11H2,1-5H3. The van der Waals surface area contributed by atoms with E-state index in [9.17, 15) is 0 Å². The Bertz CT molecular complexity index is 409. The molecule has 1 aromatic carbocycles. The number of hydrogen-bond donors (Lipinski definition) is 1. The highest BCUT2D eigenvalue weighted by atomic mass is 15.1. The van der Waals surface area contributed by atoms with Gasteiger partial charge in [0.25, 0.3) is 0 Å². The third-order valence-electron chi connectivity index (χ3n) is 4.06. The average molecular weight is 246 g/mol. The van der Waals surface area contributed by atoms with Crippen LogP contribution in [0.1, 0.15) is 33.6 Å². The second kappa shape index (κ2) is 4.83. The molecular formula is C16H26N2. The summed E-state index contributed by atoms with van der Waals surface area (Å²) in [5.74, 6) is 0.746. The lowest BCUT2D eigenvalue weighted by molar-refractivity contribution is 0.366. The summed E-state index contributed by atoms with van der Waals surface area (Å²) in [6, 6.07) is 9.17. The van der Waals surface area contributed by atoms with Crippen molar-refractivity contribution in [1.29, 1.82) is 0 Å². The highest BCUT2D eigenvalue weighted by Crippen LogP contribution is 2.42. The largest absolute Gasteiger partial charge is 0.380 e. The number of nitrogens with one attached hydrogen (secondary N) is 1. The highest BCUT2D eigenvalue weighted by molar-refractivity contribution is 5.69. The summed E-state index contributed by atoms with van der Waals surface area (Å²) in [6.07, 6.45) is 2.57. The van der Waals surface area contributed by atoms with Crippen LogP contribution in [-0.4, -0.2) is 20.1 Å². The van der Waals surface area contributed by atoms with E-state index >= 15 is 0 Å². The monoisotopic (exact) mass is 246 g/mol. The van der Waals surface area contributed by atoms with E-state index in [1.54, 1.807) is 0 Å². The number of nitrogens with zero attached hydrogens (tertiary/aromatic N) is 1. The van der Waals surface area contributed by atoms with Gasteiger partial charge in [-0.05, 0) is 36.3 Å². The van der Waals surface area contributed by atoms with Gasteiger partial charge in [-0.25, -0.2) is 0 Å². The van der Waals surface area contributed by atoms with Gasteiger partial charge in [0.15, 0.2) is 0 Å². The molecule has 1 N–H and O–H groups in total. The number of benzene rings is 1. The molecule has 2 heteroatoms. The molecule has 0 saturated heterocycles. The van der Waals surface area contributed by atoms with Crippen molar-refractivity contribution >= 4 is 11.4 Å². The summed E-state index contributed by atoms with van der Waals surface area (Å²) < 4.78 is 0. The van der Waals surface area contributed by atoms with Crippen LogP contribution in [0.15, 0.2) is 24.3 Å². The second-order valence-corrected chi connectivity index (χ2v) is 6.71.